The number of rotatable bonds is 9. The van der Waals surface area contributed by atoms with Gasteiger partial charge in [0.25, 0.3) is 5.91 Å². The fourth-order valence-corrected chi connectivity index (χ4v) is 3.69. The van der Waals surface area contributed by atoms with E-state index in [1.807, 2.05) is 17.0 Å². The molecule has 0 bridgehead atoms. The summed E-state index contributed by atoms with van der Waals surface area (Å²) in [5.74, 6) is 0.748. The number of fused-ring (bicyclic) bond motifs is 1. The summed E-state index contributed by atoms with van der Waals surface area (Å²) in [6.45, 7) is 2.61. The minimum atomic E-state index is -0.451. The molecule has 0 spiro atoms. The van der Waals surface area contributed by atoms with E-state index in [2.05, 4.69) is 25.9 Å². The predicted molar refractivity (Wildman–Crippen MR) is 117 cm³/mol. The third-order valence-corrected chi connectivity index (χ3v) is 5.38. The van der Waals surface area contributed by atoms with Gasteiger partial charge in [0, 0.05) is 44.6 Å². The minimum absolute atomic E-state index is 0.245. The van der Waals surface area contributed by atoms with Crippen LogP contribution in [0.15, 0.2) is 36.4 Å². The minimum Gasteiger partial charge on any atom is -0.369 e. The number of carbonyl (C=O) groups is 2. The number of amides is 2. The Balaban J connectivity index is 1.28. The standard InChI is InChI=1S/C22H26FN7O2/c23-17-6-3-5-16(15-17)22(32)25-12-10-20-27-26-19-9-8-18(28-30(19)20)24-11-4-14-29-13-2-1-7-21(29)31/h3,5-6,8-9,15H,1-2,4,7,10-14H2,(H,24,28)(H,25,32). The first-order valence-corrected chi connectivity index (χ1v) is 10.9. The monoisotopic (exact) mass is 439 g/mol. The van der Waals surface area contributed by atoms with E-state index in [-0.39, 0.29) is 17.4 Å². The largest absolute Gasteiger partial charge is 0.369 e. The number of aromatic nitrogens is 4. The summed E-state index contributed by atoms with van der Waals surface area (Å²) in [5.41, 5.74) is 0.882. The molecule has 0 saturated carbocycles. The molecule has 0 radical (unpaired) electrons. The van der Waals surface area contributed by atoms with Crippen LogP contribution in [0.5, 0.6) is 0 Å². The molecule has 10 heteroatoms. The molecule has 0 unspecified atom stereocenters. The second kappa shape index (κ2) is 10.2. The zero-order chi connectivity index (χ0) is 22.3. The van der Waals surface area contributed by atoms with E-state index in [0.29, 0.717) is 43.2 Å². The molecule has 32 heavy (non-hydrogen) atoms. The van der Waals surface area contributed by atoms with Crippen LogP contribution in [-0.4, -0.2) is 62.7 Å². The van der Waals surface area contributed by atoms with Crippen molar-refractivity contribution >= 4 is 23.3 Å². The van der Waals surface area contributed by atoms with E-state index in [1.165, 1.54) is 18.2 Å². The molecule has 2 aromatic heterocycles. The highest BCUT2D eigenvalue weighted by molar-refractivity contribution is 5.94. The first-order valence-electron chi connectivity index (χ1n) is 10.9. The molecule has 4 rings (SSSR count). The summed E-state index contributed by atoms with van der Waals surface area (Å²) < 4.78 is 14.9. The van der Waals surface area contributed by atoms with E-state index in [1.54, 1.807) is 10.6 Å². The number of hydrogen-bond donors (Lipinski definition) is 2. The first-order chi connectivity index (χ1) is 15.6. The third-order valence-electron chi connectivity index (χ3n) is 5.38. The second-order valence-corrected chi connectivity index (χ2v) is 7.74. The zero-order valence-electron chi connectivity index (χ0n) is 17.8. The Labute approximate surface area is 185 Å². The van der Waals surface area contributed by atoms with Crippen LogP contribution in [0.2, 0.25) is 0 Å². The molecule has 2 amide bonds. The zero-order valence-corrected chi connectivity index (χ0v) is 17.8. The van der Waals surface area contributed by atoms with Gasteiger partial charge in [0.1, 0.15) is 11.6 Å². The van der Waals surface area contributed by atoms with Crippen LogP contribution in [0, 0.1) is 5.82 Å². The molecule has 0 atom stereocenters. The maximum Gasteiger partial charge on any atom is 0.251 e. The Hall–Kier alpha value is -3.56. The van der Waals surface area contributed by atoms with Crippen molar-refractivity contribution in [3.8, 4) is 0 Å². The number of halogens is 1. The van der Waals surface area contributed by atoms with Gasteiger partial charge in [-0.15, -0.1) is 15.3 Å². The van der Waals surface area contributed by atoms with Crippen LogP contribution in [0.3, 0.4) is 0 Å². The molecule has 9 nitrogen and oxygen atoms in total. The molecule has 3 heterocycles. The number of nitrogens with one attached hydrogen (secondary N) is 2. The molecule has 3 aromatic rings. The number of nitrogens with zero attached hydrogens (tertiary/aromatic N) is 5. The van der Waals surface area contributed by atoms with E-state index >= 15 is 0 Å². The Morgan fingerprint density at radius 1 is 1.12 bits per heavy atom. The van der Waals surface area contributed by atoms with Gasteiger partial charge in [0.2, 0.25) is 5.91 Å². The lowest BCUT2D eigenvalue weighted by atomic mass is 10.1. The van der Waals surface area contributed by atoms with Gasteiger partial charge in [-0.3, -0.25) is 9.59 Å². The highest BCUT2D eigenvalue weighted by Crippen LogP contribution is 2.11. The van der Waals surface area contributed by atoms with Crippen LogP contribution < -0.4 is 10.6 Å². The van der Waals surface area contributed by atoms with Gasteiger partial charge in [-0.2, -0.15) is 4.52 Å². The summed E-state index contributed by atoms with van der Waals surface area (Å²) in [4.78, 5) is 26.0. The first kappa shape index (κ1) is 21.7. The molecular formula is C22H26FN7O2. The van der Waals surface area contributed by atoms with Crippen molar-refractivity contribution < 1.29 is 14.0 Å². The third kappa shape index (κ3) is 5.37. The van der Waals surface area contributed by atoms with Crippen LogP contribution in [0.25, 0.3) is 5.65 Å². The quantitative estimate of drug-likeness (QED) is 0.495. The average molecular weight is 439 g/mol. The predicted octanol–water partition coefficient (Wildman–Crippen LogP) is 2.05. The van der Waals surface area contributed by atoms with Crippen molar-refractivity contribution in [3.05, 3.63) is 53.6 Å². The number of carbonyl (C=O) groups excluding carboxylic acids is 2. The van der Waals surface area contributed by atoms with Gasteiger partial charge >= 0.3 is 0 Å². The van der Waals surface area contributed by atoms with E-state index in [4.69, 9.17) is 0 Å². The molecule has 1 aliphatic rings. The van der Waals surface area contributed by atoms with Gasteiger partial charge in [-0.05, 0) is 49.6 Å². The topological polar surface area (TPSA) is 105 Å². The van der Waals surface area contributed by atoms with E-state index < -0.39 is 5.82 Å². The number of benzene rings is 1. The van der Waals surface area contributed by atoms with Crippen molar-refractivity contribution in [2.45, 2.75) is 32.1 Å². The van der Waals surface area contributed by atoms with E-state index in [0.717, 1.165) is 32.4 Å². The number of piperidine rings is 1. The normalized spacial score (nSPS) is 14.0. The number of hydrogen-bond acceptors (Lipinski definition) is 6. The van der Waals surface area contributed by atoms with Gasteiger partial charge in [0.15, 0.2) is 11.5 Å². The highest BCUT2D eigenvalue weighted by Gasteiger charge is 2.17. The Morgan fingerprint density at radius 2 is 2.03 bits per heavy atom. The summed E-state index contributed by atoms with van der Waals surface area (Å²) in [6, 6.07) is 9.22. The van der Waals surface area contributed by atoms with Gasteiger partial charge in [-0.25, -0.2) is 4.39 Å². The molecule has 1 aliphatic heterocycles. The van der Waals surface area contributed by atoms with Crippen molar-refractivity contribution in [3.63, 3.8) is 0 Å². The summed E-state index contributed by atoms with van der Waals surface area (Å²) >= 11 is 0. The SMILES string of the molecule is O=C(NCCc1nnc2ccc(NCCCN3CCCCC3=O)nn12)c1cccc(F)c1. The maximum atomic E-state index is 13.3. The van der Waals surface area contributed by atoms with Crippen molar-refractivity contribution in [1.82, 2.24) is 30.0 Å². The van der Waals surface area contributed by atoms with Crippen LogP contribution >= 0.6 is 0 Å². The number of likely N-dealkylation sites (tertiary alicyclic amines) is 1. The average Bonchev–Trinajstić information content (AvgIpc) is 3.20. The van der Waals surface area contributed by atoms with Crippen molar-refractivity contribution in [2.24, 2.45) is 0 Å². The smallest absolute Gasteiger partial charge is 0.251 e. The summed E-state index contributed by atoms with van der Waals surface area (Å²) in [5, 5.41) is 18.8. The van der Waals surface area contributed by atoms with Crippen LogP contribution in [0.4, 0.5) is 10.2 Å². The van der Waals surface area contributed by atoms with Crippen LogP contribution in [0.1, 0.15) is 41.9 Å². The van der Waals surface area contributed by atoms with Crippen molar-refractivity contribution in [1.29, 1.82) is 0 Å². The molecule has 0 aliphatic carbocycles. The fraction of sp³-hybridized carbons (Fsp3) is 0.409. The van der Waals surface area contributed by atoms with Gasteiger partial charge < -0.3 is 15.5 Å². The van der Waals surface area contributed by atoms with E-state index in [9.17, 15) is 14.0 Å². The second-order valence-electron chi connectivity index (χ2n) is 7.74. The highest BCUT2D eigenvalue weighted by atomic mass is 19.1. The van der Waals surface area contributed by atoms with Crippen molar-refractivity contribution in [2.75, 3.05) is 31.5 Å². The molecule has 168 valence electrons. The summed E-state index contributed by atoms with van der Waals surface area (Å²) in [7, 11) is 0. The lowest BCUT2D eigenvalue weighted by molar-refractivity contribution is -0.133. The molecule has 1 fully saturated rings. The molecular weight excluding hydrogens is 413 g/mol. The molecule has 2 N–H and O–H groups in total. The lowest BCUT2D eigenvalue weighted by Gasteiger charge is -2.26. The van der Waals surface area contributed by atoms with Gasteiger partial charge in [-0.1, -0.05) is 6.07 Å². The lowest BCUT2D eigenvalue weighted by Crippen LogP contribution is -2.36. The fourth-order valence-electron chi connectivity index (χ4n) is 3.69. The number of anilines is 1. The maximum absolute atomic E-state index is 13.3. The Kier molecular flexibility index (Phi) is 6.88. The Morgan fingerprint density at radius 3 is 2.88 bits per heavy atom. The van der Waals surface area contributed by atoms with Crippen LogP contribution in [-0.2, 0) is 11.2 Å². The molecule has 1 aromatic carbocycles. The van der Waals surface area contributed by atoms with Gasteiger partial charge in [0.05, 0.1) is 0 Å². The molecule has 1 saturated heterocycles. The summed E-state index contributed by atoms with van der Waals surface area (Å²) in [6.07, 6.45) is 4.00. The Bertz CT molecular complexity index is 1100.